The average molecular weight is 331 g/mol. The summed E-state index contributed by atoms with van der Waals surface area (Å²) >= 11 is 0. The minimum absolute atomic E-state index is 0.250. The zero-order valence-electron chi connectivity index (χ0n) is 15.5. The van der Waals surface area contributed by atoms with Crippen molar-refractivity contribution in [1.82, 2.24) is 5.32 Å². The first-order valence-electron chi connectivity index (χ1n) is 8.28. The number of ether oxygens (including phenoxy) is 1. The molecule has 0 fully saturated rings. The molecule has 24 heavy (non-hydrogen) atoms. The highest BCUT2D eigenvalue weighted by atomic mass is 16.6. The predicted molar refractivity (Wildman–Crippen MR) is 96.7 cm³/mol. The summed E-state index contributed by atoms with van der Waals surface area (Å²) in [7, 11) is 0. The second-order valence-electron chi connectivity index (χ2n) is 7.12. The monoisotopic (exact) mass is 331 g/mol. The fourth-order valence-corrected chi connectivity index (χ4v) is 2.36. The maximum absolute atomic E-state index is 12.1. The van der Waals surface area contributed by atoms with E-state index in [9.17, 15) is 9.90 Å². The molecule has 0 bridgehead atoms. The van der Waals surface area contributed by atoms with E-state index in [1.165, 1.54) is 5.56 Å². The van der Waals surface area contributed by atoms with Crippen LogP contribution in [0.4, 0.5) is 4.79 Å². The summed E-state index contributed by atoms with van der Waals surface area (Å²) in [5.74, 6) is 5.51. The van der Waals surface area contributed by atoms with Gasteiger partial charge in [-0.05, 0) is 53.5 Å². The van der Waals surface area contributed by atoms with Crippen molar-refractivity contribution in [3.63, 3.8) is 0 Å². The molecule has 0 unspecified atom stereocenters. The first kappa shape index (κ1) is 20.1. The van der Waals surface area contributed by atoms with E-state index >= 15 is 0 Å². The lowest BCUT2D eigenvalue weighted by atomic mass is 9.93. The van der Waals surface area contributed by atoms with E-state index in [4.69, 9.17) is 4.74 Å². The van der Waals surface area contributed by atoms with E-state index in [0.717, 1.165) is 5.56 Å². The molecule has 1 aromatic carbocycles. The van der Waals surface area contributed by atoms with Gasteiger partial charge in [0.15, 0.2) is 0 Å². The number of aliphatic hydroxyl groups is 1. The normalized spacial score (nSPS) is 14.8. The Balaban J connectivity index is 2.90. The fourth-order valence-electron chi connectivity index (χ4n) is 2.36. The third-order valence-electron chi connectivity index (χ3n) is 3.57. The summed E-state index contributed by atoms with van der Waals surface area (Å²) in [6, 6.07) is 7.56. The van der Waals surface area contributed by atoms with Gasteiger partial charge in [-0.15, -0.1) is 5.92 Å². The third-order valence-corrected chi connectivity index (χ3v) is 3.57. The number of hydrogen-bond donors (Lipinski definition) is 2. The summed E-state index contributed by atoms with van der Waals surface area (Å²) in [6.45, 7) is 11.0. The van der Waals surface area contributed by atoms with Crippen molar-refractivity contribution >= 4 is 6.09 Å². The second kappa shape index (κ2) is 8.75. The molecule has 0 aromatic heterocycles. The number of amides is 1. The topological polar surface area (TPSA) is 58.6 Å². The van der Waals surface area contributed by atoms with Crippen molar-refractivity contribution in [3.8, 4) is 11.8 Å². The summed E-state index contributed by atoms with van der Waals surface area (Å²) < 4.78 is 5.32. The first-order valence-corrected chi connectivity index (χ1v) is 8.28. The number of aliphatic hydroxyl groups excluding tert-OH is 1. The molecule has 2 N–H and O–H groups in total. The third kappa shape index (κ3) is 7.06. The maximum Gasteiger partial charge on any atom is 0.407 e. The van der Waals surface area contributed by atoms with Crippen LogP contribution in [-0.4, -0.2) is 28.9 Å². The Kier molecular flexibility index (Phi) is 7.31. The molecule has 0 aliphatic heterocycles. The van der Waals surface area contributed by atoms with Gasteiger partial charge in [0, 0.05) is 5.92 Å². The number of rotatable bonds is 5. The predicted octanol–water partition coefficient (Wildman–Crippen LogP) is 3.45. The first-order chi connectivity index (χ1) is 11.1. The van der Waals surface area contributed by atoms with Gasteiger partial charge in [-0.3, -0.25) is 0 Å². The molecule has 0 saturated carbocycles. The highest BCUT2D eigenvalue weighted by Gasteiger charge is 2.27. The minimum atomic E-state index is -0.786. The Labute approximate surface area is 145 Å². The van der Waals surface area contributed by atoms with Crippen molar-refractivity contribution < 1.29 is 14.6 Å². The number of alkyl carbamates (subject to hydrolysis) is 1. The SMILES string of the molecule is CC#C[C@@H](C)[C@@H](O)[C@H](Cc1ccc(C)cc1)NC(=O)OC(C)(C)C. The van der Waals surface area contributed by atoms with Gasteiger partial charge in [-0.2, -0.15) is 0 Å². The molecule has 0 aliphatic carbocycles. The molecule has 3 atom stereocenters. The Morgan fingerprint density at radius 1 is 1.29 bits per heavy atom. The smallest absolute Gasteiger partial charge is 0.407 e. The fraction of sp³-hybridized carbons (Fsp3) is 0.550. The van der Waals surface area contributed by atoms with Crippen LogP contribution in [-0.2, 0) is 11.2 Å². The van der Waals surface area contributed by atoms with E-state index in [1.54, 1.807) is 6.92 Å². The molecule has 0 radical (unpaired) electrons. The molecule has 4 nitrogen and oxygen atoms in total. The van der Waals surface area contributed by atoms with Crippen LogP contribution in [0.25, 0.3) is 0 Å². The van der Waals surface area contributed by atoms with E-state index in [2.05, 4.69) is 17.2 Å². The highest BCUT2D eigenvalue weighted by Crippen LogP contribution is 2.15. The Bertz CT molecular complexity index is 590. The lowest BCUT2D eigenvalue weighted by Crippen LogP contribution is -2.48. The van der Waals surface area contributed by atoms with Crippen LogP contribution in [0.2, 0.25) is 0 Å². The molecular weight excluding hydrogens is 302 g/mol. The van der Waals surface area contributed by atoms with Crippen LogP contribution in [0.1, 0.15) is 45.7 Å². The minimum Gasteiger partial charge on any atom is -0.444 e. The van der Waals surface area contributed by atoms with Crippen LogP contribution in [0.15, 0.2) is 24.3 Å². The van der Waals surface area contributed by atoms with Gasteiger partial charge < -0.3 is 15.2 Å². The second-order valence-corrected chi connectivity index (χ2v) is 7.12. The van der Waals surface area contributed by atoms with Crippen molar-refractivity contribution in [2.75, 3.05) is 0 Å². The van der Waals surface area contributed by atoms with Gasteiger partial charge in [0.05, 0.1) is 12.1 Å². The van der Waals surface area contributed by atoms with Gasteiger partial charge in [0.1, 0.15) is 5.60 Å². The van der Waals surface area contributed by atoms with Crippen molar-refractivity contribution in [1.29, 1.82) is 0 Å². The molecule has 132 valence electrons. The molecular formula is C20H29NO3. The van der Waals surface area contributed by atoms with Crippen molar-refractivity contribution in [3.05, 3.63) is 35.4 Å². The zero-order valence-corrected chi connectivity index (χ0v) is 15.5. The van der Waals surface area contributed by atoms with Crippen LogP contribution in [0, 0.1) is 24.7 Å². The van der Waals surface area contributed by atoms with Crippen LogP contribution in [0.5, 0.6) is 0 Å². The van der Waals surface area contributed by atoms with Crippen LogP contribution < -0.4 is 5.32 Å². The molecule has 4 heteroatoms. The largest absolute Gasteiger partial charge is 0.444 e. The van der Waals surface area contributed by atoms with Gasteiger partial charge in [0.25, 0.3) is 0 Å². The Hall–Kier alpha value is -1.99. The number of hydrogen-bond acceptors (Lipinski definition) is 3. The van der Waals surface area contributed by atoms with Gasteiger partial charge in [0.2, 0.25) is 0 Å². The summed E-state index contributed by atoms with van der Waals surface area (Å²) in [5.41, 5.74) is 1.62. The maximum atomic E-state index is 12.1. The molecule has 0 saturated heterocycles. The molecule has 0 heterocycles. The van der Waals surface area contributed by atoms with E-state index in [0.29, 0.717) is 6.42 Å². The molecule has 0 spiro atoms. The number of carbonyl (C=O) groups is 1. The zero-order chi connectivity index (χ0) is 18.3. The summed E-state index contributed by atoms with van der Waals surface area (Å²) in [4.78, 5) is 12.1. The highest BCUT2D eigenvalue weighted by molar-refractivity contribution is 5.68. The standard InChI is InChI=1S/C20H29NO3/c1-7-8-15(3)18(22)17(21-19(23)24-20(4,5)6)13-16-11-9-14(2)10-12-16/h9-12,15,17-18,22H,13H2,1-6H3,(H,21,23)/t15-,17+,18-/m1/s1. The number of benzene rings is 1. The van der Waals surface area contributed by atoms with Crippen molar-refractivity contribution in [2.24, 2.45) is 5.92 Å². The molecule has 0 aliphatic rings. The van der Waals surface area contributed by atoms with E-state index in [1.807, 2.05) is 58.9 Å². The molecule has 1 amide bonds. The Morgan fingerprint density at radius 2 is 1.88 bits per heavy atom. The van der Waals surface area contributed by atoms with Gasteiger partial charge in [-0.1, -0.05) is 35.7 Å². The van der Waals surface area contributed by atoms with Crippen molar-refractivity contribution in [2.45, 2.75) is 65.7 Å². The lowest BCUT2D eigenvalue weighted by molar-refractivity contribution is 0.0385. The summed E-state index contributed by atoms with van der Waals surface area (Å²) in [6.07, 6.45) is -0.808. The molecule has 1 rings (SSSR count). The number of carbonyl (C=O) groups excluding carboxylic acids is 1. The average Bonchev–Trinajstić information content (AvgIpc) is 2.46. The van der Waals surface area contributed by atoms with Gasteiger partial charge >= 0.3 is 6.09 Å². The lowest BCUT2D eigenvalue weighted by Gasteiger charge is -2.28. The number of aryl methyl sites for hydroxylation is 1. The van der Waals surface area contributed by atoms with Crippen LogP contribution >= 0.6 is 0 Å². The van der Waals surface area contributed by atoms with E-state index in [-0.39, 0.29) is 5.92 Å². The Morgan fingerprint density at radius 3 is 2.38 bits per heavy atom. The van der Waals surface area contributed by atoms with Gasteiger partial charge in [-0.25, -0.2) is 4.79 Å². The van der Waals surface area contributed by atoms with Crippen LogP contribution in [0.3, 0.4) is 0 Å². The summed E-state index contributed by atoms with van der Waals surface area (Å²) in [5, 5.41) is 13.4. The quantitative estimate of drug-likeness (QED) is 0.813. The van der Waals surface area contributed by atoms with E-state index < -0.39 is 23.8 Å². The number of nitrogens with one attached hydrogen (secondary N) is 1. The molecule has 1 aromatic rings.